The number of benzene rings is 1. The predicted octanol–water partition coefficient (Wildman–Crippen LogP) is 1.39. The highest BCUT2D eigenvalue weighted by atomic mass is 16.5. The number of amides is 1. The number of methoxy groups -OCH3 is 2. The van der Waals surface area contributed by atoms with Crippen LogP contribution in [0.4, 0.5) is 0 Å². The topological polar surface area (TPSA) is 62.8 Å². The molecule has 3 rings (SSSR count). The van der Waals surface area contributed by atoms with E-state index in [1.165, 1.54) is 5.56 Å². The van der Waals surface area contributed by atoms with Crippen LogP contribution in [0.15, 0.2) is 18.2 Å². The minimum Gasteiger partial charge on any atom is -0.497 e. The number of carbonyl (C=O) groups excluding carboxylic acids is 1. The van der Waals surface area contributed by atoms with Crippen molar-refractivity contribution in [3.63, 3.8) is 0 Å². The van der Waals surface area contributed by atoms with Gasteiger partial charge >= 0.3 is 0 Å². The van der Waals surface area contributed by atoms with Crippen molar-refractivity contribution in [2.75, 3.05) is 40.4 Å². The normalized spacial score (nSPS) is 24.1. The Morgan fingerprint density at radius 3 is 2.64 bits per heavy atom. The summed E-state index contributed by atoms with van der Waals surface area (Å²) in [5, 5.41) is 6.55. The predicted molar refractivity (Wildman–Crippen MR) is 97.0 cm³/mol. The molecule has 2 aliphatic rings. The van der Waals surface area contributed by atoms with Gasteiger partial charge in [0.1, 0.15) is 11.5 Å². The number of hydrogen-bond acceptors (Lipinski definition) is 5. The number of piperidine rings is 1. The first-order valence-corrected chi connectivity index (χ1v) is 9.13. The Morgan fingerprint density at radius 1 is 1.24 bits per heavy atom. The summed E-state index contributed by atoms with van der Waals surface area (Å²) in [6.45, 7) is 4.57. The Kier molecular flexibility index (Phi) is 6.15. The van der Waals surface area contributed by atoms with Gasteiger partial charge in [-0.2, -0.15) is 0 Å². The molecule has 0 spiro atoms. The molecule has 25 heavy (non-hydrogen) atoms. The number of carbonyl (C=O) groups is 1. The maximum absolute atomic E-state index is 12.4. The SMILES string of the molecule is COc1cc(CN2CCC(NC(=O)C3CCCNC3)C2)cc(OC)c1. The Labute approximate surface area is 149 Å². The molecule has 0 radical (unpaired) electrons. The van der Waals surface area contributed by atoms with Crippen LogP contribution >= 0.6 is 0 Å². The van der Waals surface area contributed by atoms with Crippen molar-refractivity contribution in [2.45, 2.75) is 31.8 Å². The van der Waals surface area contributed by atoms with E-state index in [4.69, 9.17) is 9.47 Å². The molecule has 2 atom stereocenters. The third-order valence-electron chi connectivity index (χ3n) is 5.10. The number of rotatable bonds is 6. The molecular formula is C19H29N3O3. The van der Waals surface area contributed by atoms with Crippen LogP contribution in [0, 0.1) is 5.92 Å². The minimum absolute atomic E-state index is 0.130. The lowest BCUT2D eigenvalue weighted by Gasteiger charge is -2.24. The zero-order valence-corrected chi connectivity index (χ0v) is 15.2. The summed E-state index contributed by atoms with van der Waals surface area (Å²) < 4.78 is 10.7. The first-order chi connectivity index (χ1) is 12.2. The molecule has 6 nitrogen and oxygen atoms in total. The maximum atomic E-state index is 12.4. The van der Waals surface area contributed by atoms with Crippen LogP contribution in [0.2, 0.25) is 0 Å². The molecule has 2 fully saturated rings. The Balaban J connectivity index is 1.52. The molecule has 2 aliphatic heterocycles. The fourth-order valence-corrected chi connectivity index (χ4v) is 3.70. The van der Waals surface area contributed by atoms with Crippen LogP contribution < -0.4 is 20.1 Å². The second-order valence-electron chi connectivity index (χ2n) is 6.99. The third kappa shape index (κ3) is 4.86. The molecule has 0 aliphatic carbocycles. The van der Waals surface area contributed by atoms with Crippen molar-refractivity contribution in [3.8, 4) is 11.5 Å². The summed E-state index contributed by atoms with van der Waals surface area (Å²) in [6.07, 6.45) is 3.10. The van der Waals surface area contributed by atoms with E-state index in [1.54, 1.807) is 14.2 Å². The van der Waals surface area contributed by atoms with Gasteiger partial charge in [-0.05, 0) is 43.5 Å². The quantitative estimate of drug-likeness (QED) is 0.814. The molecule has 2 heterocycles. The first kappa shape index (κ1) is 18.0. The number of likely N-dealkylation sites (tertiary alicyclic amines) is 1. The highest BCUT2D eigenvalue weighted by Gasteiger charge is 2.27. The third-order valence-corrected chi connectivity index (χ3v) is 5.10. The number of hydrogen-bond donors (Lipinski definition) is 2. The summed E-state index contributed by atoms with van der Waals surface area (Å²) >= 11 is 0. The van der Waals surface area contributed by atoms with Crippen molar-refractivity contribution in [2.24, 2.45) is 5.92 Å². The Morgan fingerprint density at radius 2 is 2.00 bits per heavy atom. The van der Waals surface area contributed by atoms with E-state index < -0.39 is 0 Å². The average Bonchev–Trinajstić information content (AvgIpc) is 3.08. The molecule has 138 valence electrons. The van der Waals surface area contributed by atoms with E-state index in [2.05, 4.69) is 15.5 Å². The van der Waals surface area contributed by atoms with Crippen LogP contribution in [-0.4, -0.2) is 57.2 Å². The van der Waals surface area contributed by atoms with Crippen molar-refractivity contribution in [1.82, 2.24) is 15.5 Å². The molecular weight excluding hydrogens is 318 g/mol. The standard InChI is InChI=1S/C19H29N3O3/c1-24-17-8-14(9-18(10-17)25-2)12-22-7-5-16(13-22)21-19(23)15-4-3-6-20-11-15/h8-10,15-16,20H,3-7,11-13H2,1-2H3,(H,21,23). The van der Waals surface area contributed by atoms with Crippen molar-refractivity contribution >= 4 is 5.91 Å². The van der Waals surface area contributed by atoms with Crippen molar-refractivity contribution < 1.29 is 14.3 Å². The largest absolute Gasteiger partial charge is 0.497 e. The first-order valence-electron chi connectivity index (χ1n) is 9.13. The number of nitrogens with one attached hydrogen (secondary N) is 2. The van der Waals surface area contributed by atoms with Crippen molar-refractivity contribution in [1.29, 1.82) is 0 Å². The minimum atomic E-state index is 0.130. The van der Waals surface area contributed by atoms with Gasteiger partial charge in [0.05, 0.1) is 20.1 Å². The summed E-state index contributed by atoms with van der Waals surface area (Å²) in [7, 11) is 3.33. The van der Waals surface area contributed by atoms with Gasteiger partial charge in [-0.3, -0.25) is 9.69 Å². The van der Waals surface area contributed by atoms with Crippen LogP contribution in [0.1, 0.15) is 24.8 Å². The van der Waals surface area contributed by atoms with Crippen LogP contribution in [0.3, 0.4) is 0 Å². The van der Waals surface area contributed by atoms with E-state index in [1.807, 2.05) is 18.2 Å². The summed E-state index contributed by atoms with van der Waals surface area (Å²) in [5.74, 6) is 1.96. The van der Waals surface area contributed by atoms with E-state index in [-0.39, 0.29) is 17.9 Å². The molecule has 1 amide bonds. The van der Waals surface area contributed by atoms with E-state index >= 15 is 0 Å². The van der Waals surface area contributed by atoms with Crippen LogP contribution in [0.5, 0.6) is 11.5 Å². The Hall–Kier alpha value is -1.79. The van der Waals surface area contributed by atoms with Crippen LogP contribution in [-0.2, 0) is 11.3 Å². The summed E-state index contributed by atoms with van der Waals surface area (Å²) in [6, 6.07) is 6.22. The summed E-state index contributed by atoms with van der Waals surface area (Å²) in [4.78, 5) is 14.8. The van der Waals surface area contributed by atoms with Gasteiger partial charge in [0.2, 0.25) is 5.91 Å². The highest BCUT2D eigenvalue weighted by Crippen LogP contribution is 2.24. The highest BCUT2D eigenvalue weighted by molar-refractivity contribution is 5.79. The maximum Gasteiger partial charge on any atom is 0.224 e. The van der Waals surface area contributed by atoms with Gasteiger partial charge in [-0.15, -0.1) is 0 Å². The lowest BCUT2D eigenvalue weighted by molar-refractivity contribution is -0.126. The monoisotopic (exact) mass is 347 g/mol. The molecule has 0 saturated carbocycles. The van der Waals surface area contributed by atoms with Gasteiger partial charge in [0.25, 0.3) is 0 Å². The fourth-order valence-electron chi connectivity index (χ4n) is 3.70. The molecule has 1 aromatic rings. The lowest BCUT2D eigenvalue weighted by Crippen LogP contribution is -2.45. The van der Waals surface area contributed by atoms with Gasteiger partial charge in [0.15, 0.2) is 0 Å². The van der Waals surface area contributed by atoms with Gasteiger partial charge in [-0.25, -0.2) is 0 Å². The smallest absolute Gasteiger partial charge is 0.224 e. The molecule has 6 heteroatoms. The van der Waals surface area contributed by atoms with Gasteiger partial charge in [-0.1, -0.05) is 0 Å². The fraction of sp³-hybridized carbons (Fsp3) is 0.632. The molecule has 2 saturated heterocycles. The molecule has 1 aromatic carbocycles. The number of nitrogens with zero attached hydrogens (tertiary/aromatic N) is 1. The second kappa shape index (κ2) is 8.54. The van der Waals surface area contributed by atoms with Gasteiger partial charge < -0.3 is 20.1 Å². The van der Waals surface area contributed by atoms with E-state index in [0.29, 0.717) is 0 Å². The summed E-state index contributed by atoms with van der Waals surface area (Å²) in [5.41, 5.74) is 1.17. The molecule has 0 bridgehead atoms. The molecule has 0 aromatic heterocycles. The molecule has 2 unspecified atom stereocenters. The van der Waals surface area contributed by atoms with Gasteiger partial charge in [0, 0.05) is 38.3 Å². The molecule has 2 N–H and O–H groups in total. The van der Waals surface area contributed by atoms with Crippen molar-refractivity contribution in [3.05, 3.63) is 23.8 Å². The number of ether oxygens (including phenoxy) is 2. The zero-order valence-electron chi connectivity index (χ0n) is 15.2. The second-order valence-corrected chi connectivity index (χ2v) is 6.99. The van der Waals surface area contributed by atoms with E-state index in [9.17, 15) is 4.79 Å². The van der Waals surface area contributed by atoms with Crippen LogP contribution in [0.25, 0.3) is 0 Å². The zero-order chi connectivity index (χ0) is 17.6. The lowest BCUT2D eigenvalue weighted by atomic mass is 9.98. The Bertz CT molecular complexity index is 565. The van der Waals surface area contributed by atoms with E-state index in [0.717, 1.165) is 63.5 Å². The average molecular weight is 347 g/mol.